The maximum absolute atomic E-state index is 9.77. The Morgan fingerprint density at radius 1 is 1.40 bits per heavy atom. The third kappa shape index (κ3) is 3.57. The first-order valence-electron chi connectivity index (χ1n) is 4.29. The topological polar surface area (TPSA) is 53.4 Å². The largest absolute Gasteiger partial charge is 0.390 e. The maximum Gasteiger partial charge on any atom is 0.135 e. The molecule has 0 radical (unpaired) electrons. The van der Waals surface area contributed by atoms with E-state index >= 15 is 0 Å². The van der Waals surface area contributed by atoms with E-state index in [0.29, 0.717) is 22.3 Å². The summed E-state index contributed by atoms with van der Waals surface area (Å²) in [4.78, 5) is 3.79. The lowest BCUT2D eigenvalue weighted by molar-refractivity contribution is 0.0172. The number of nitrogens with zero attached hydrogens (tertiary/aromatic N) is 1. The summed E-state index contributed by atoms with van der Waals surface area (Å²) in [6, 6.07) is 1.50. The van der Waals surface area contributed by atoms with E-state index < -0.39 is 12.2 Å². The molecule has 84 valence electrons. The molecule has 1 rings (SSSR count). The fraction of sp³-hybridized carbons (Fsp3) is 0.444. The number of halogens is 3. The monoisotopic (exact) mass is 313 g/mol. The molecule has 0 aliphatic rings. The summed E-state index contributed by atoms with van der Waals surface area (Å²) in [6.07, 6.45) is -0.149. The molecule has 6 heteroatoms. The fourth-order valence-electron chi connectivity index (χ4n) is 1.12. The van der Waals surface area contributed by atoms with E-state index in [1.165, 1.54) is 12.3 Å². The molecule has 0 spiro atoms. The van der Waals surface area contributed by atoms with Gasteiger partial charge in [-0.3, -0.25) is 0 Å². The summed E-state index contributed by atoms with van der Waals surface area (Å²) >= 11 is 14.7. The molecular formula is C9H10BrCl2NO2. The molecule has 2 atom stereocenters. The van der Waals surface area contributed by atoms with E-state index in [1.54, 1.807) is 0 Å². The Morgan fingerprint density at radius 2 is 2.07 bits per heavy atom. The molecule has 0 saturated heterocycles. The van der Waals surface area contributed by atoms with Crippen molar-refractivity contribution in [3.05, 3.63) is 28.0 Å². The molecule has 2 unspecified atom stereocenters. The van der Waals surface area contributed by atoms with E-state index in [0.717, 1.165) is 0 Å². The van der Waals surface area contributed by atoms with Crippen LogP contribution in [0.25, 0.3) is 0 Å². The Balaban J connectivity index is 2.89. The predicted molar refractivity (Wildman–Crippen MR) is 63.6 cm³/mol. The Kier molecular flexibility index (Phi) is 5.29. The third-order valence-corrected chi connectivity index (χ3v) is 2.90. The molecule has 3 nitrogen and oxygen atoms in total. The quantitative estimate of drug-likeness (QED) is 0.663. The average molecular weight is 315 g/mol. The van der Waals surface area contributed by atoms with Crippen LogP contribution < -0.4 is 0 Å². The molecule has 0 aliphatic carbocycles. The molecule has 0 saturated carbocycles. The van der Waals surface area contributed by atoms with Crippen LogP contribution >= 0.6 is 39.1 Å². The number of rotatable bonds is 4. The first kappa shape index (κ1) is 13.2. The minimum absolute atomic E-state index is 0.153. The van der Waals surface area contributed by atoms with Crippen molar-refractivity contribution in [2.45, 2.75) is 18.6 Å². The van der Waals surface area contributed by atoms with E-state index in [9.17, 15) is 10.2 Å². The van der Waals surface area contributed by atoms with Crippen LogP contribution in [0.1, 0.15) is 18.1 Å². The zero-order valence-corrected chi connectivity index (χ0v) is 10.8. The number of alkyl halides is 1. The SMILES string of the molecule is OC(CCBr)C(O)c1cc(Cl)cnc1Cl. The standard InChI is InChI=1S/C9H10BrCl2NO2/c10-2-1-7(14)8(15)6-3-5(11)4-13-9(6)12/h3-4,7-8,14-15H,1-2H2. The summed E-state index contributed by atoms with van der Waals surface area (Å²) in [5.41, 5.74) is 0.345. The van der Waals surface area contributed by atoms with Crippen molar-refractivity contribution in [1.82, 2.24) is 4.98 Å². The molecule has 1 heterocycles. The molecule has 1 aromatic heterocycles. The number of aliphatic hydroxyl groups is 2. The van der Waals surface area contributed by atoms with Gasteiger partial charge in [0.15, 0.2) is 0 Å². The molecule has 0 bridgehead atoms. The second-order valence-corrected chi connectivity index (χ2v) is 4.61. The summed E-state index contributed by atoms with van der Waals surface area (Å²) < 4.78 is 0. The number of aliphatic hydroxyl groups excluding tert-OH is 2. The van der Waals surface area contributed by atoms with Crippen LogP contribution in [0.3, 0.4) is 0 Å². The molecule has 0 fully saturated rings. The predicted octanol–water partition coefficient (Wildman–Crippen LogP) is 2.57. The Hall–Kier alpha value is 0.130. The molecule has 0 aliphatic heterocycles. The van der Waals surface area contributed by atoms with Gasteiger partial charge >= 0.3 is 0 Å². The highest BCUT2D eigenvalue weighted by molar-refractivity contribution is 9.09. The Morgan fingerprint density at radius 3 is 2.67 bits per heavy atom. The van der Waals surface area contributed by atoms with Gasteiger partial charge in [-0.05, 0) is 12.5 Å². The van der Waals surface area contributed by atoms with E-state index in [1.807, 2.05) is 0 Å². The van der Waals surface area contributed by atoms with Crippen LogP contribution in [0.15, 0.2) is 12.3 Å². The molecule has 2 N–H and O–H groups in total. The second-order valence-electron chi connectivity index (χ2n) is 3.02. The van der Waals surface area contributed by atoms with Gasteiger partial charge < -0.3 is 10.2 Å². The van der Waals surface area contributed by atoms with Crippen molar-refractivity contribution in [2.24, 2.45) is 0 Å². The van der Waals surface area contributed by atoms with Crippen LogP contribution in [0.2, 0.25) is 10.2 Å². The van der Waals surface area contributed by atoms with Crippen molar-refractivity contribution in [1.29, 1.82) is 0 Å². The smallest absolute Gasteiger partial charge is 0.135 e. The van der Waals surface area contributed by atoms with E-state index in [2.05, 4.69) is 20.9 Å². The maximum atomic E-state index is 9.77. The lowest BCUT2D eigenvalue weighted by Crippen LogP contribution is -2.19. The van der Waals surface area contributed by atoms with E-state index in [4.69, 9.17) is 23.2 Å². The van der Waals surface area contributed by atoms with Crippen molar-refractivity contribution in [3.63, 3.8) is 0 Å². The zero-order valence-electron chi connectivity index (χ0n) is 7.70. The third-order valence-electron chi connectivity index (χ3n) is 1.92. The van der Waals surface area contributed by atoms with Crippen LogP contribution in [0.4, 0.5) is 0 Å². The number of hydrogen-bond acceptors (Lipinski definition) is 3. The van der Waals surface area contributed by atoms with Gasteiger partial charge in [0.05, 0.1) is 11.1 Å². The summed E-state index contributed by atoms with van der Waals surface area (Å²) in [5.74, 6) is 0. The normalized spacial score (nSPS) is 15.0. The van der Waals surface area contributed by atoms with Crippen LogP contribution in [-0.4, -0.2) is 26.6 Å². The highest BCUT2D eigenvalue weighted by atomic mass is 79.9. The molecule has 0 amide bonds. The number of hydrogen-bond donors (Lipinski definition) is 2. The first-order valence-corrected chi connectivity index (χ1v) is 6.17. The minimum Gasteiger partial charge on any atom is -0.390 e. The Bertz CT molecular complexity index is 338. The molecule has 0 aromatic carbocycles. The van der Waals surface area contributed by atoms with Gasteiger partial charge in [0.25, 0.3) is 0 Å². The second kappa shape index (κ2) is 6.01. The van der Waals surface area contributed by atoms with Gasteiger partial charge in [0, 0.05) is 17.1 Å². The van der Waals surface area contributed by atoms with Crippen molar-refractivity contribution >= 4 is 39.1 Å². The van der Waals surface area contributed by atoms with Gasteiger partial charge in [0.1, 0.15) is 11.3 Å². The van der Waals surface area contributed by atoms with Gasteiger partial charge in [-0.15, -0.1) is 0 Å². The summed E-state index contributed by atoms with van der Waals surface area (Å²) in [5, 5.41) is 20.5. The lowest BCUT2D eigenvalue weighted by atomic mass is 10.0. The summed E-state index contributed by atoms with van der Waals surface area (Å²) in [6.45, 7) is 0. The molecule has 15 heavy (non-hydrogen) atoms. The number of pyridine rings is 1. The van der Waals surface area contributed by atoms with Crippen molar-refractivity contribution in [2.75, 3.05) is 5.33 Å². The number of aromatic nitrogens is 1. The lowest BCUT2D eigenvalue weighted by Gasteiger charge is -2.17. The first-order chi connectivity index (χ1) is 7.06. The average Bonchev–Trinajstić information content (AvgIpc) is 2.21. The van der Waals surface area contributed by atoms with Gasteiger partial charge in [-0.1, -0.05) is 39.1 Å². The Labute approximate surface area is 106 Å². The van der Waals surface area contributed by atoms with Crippen molar-refractivity contribution < 1.29 is 10.2 Å². The van der Waals surface area contributed by atoms with Gasteiger partial charge in [0.2, 0.25) is 0 Å². The van der Waals surface area contributed by atoms with Crippen LogP contribution in [0.5, 0.6) is 0 Å². The van der Waals surface area contributed by atoms with Gasteiger partial charge in [-0.25, -0.2) is 4.98 Å². The molecule has 1 aromatic rings. The minimum atomic E-state index is -1.07. The fourth-order valence-corrected chi connectivity index (χ4v) is 1.97. The van der Waals surface area contributed by atoms with Crippen LogP contribution in [0, 0.1) is 0 Å². The van der Waals surface area contributed by atoms with E-state index in [-0.39, 0.29) is 5.15 Å². The van der Waals surface area contributed by atoms with Gasteiger partial charge in [-0.2, -0.15) is 0 Å². The van der Waals surface area contributed by atoms with Crippen LogP contribution in [-0.2, 0) is 0 Å². The summed E-state index contributed by atoms with van der Waals surface area (Å²) in [7, 11) is 0. The highest BCUT2D eigenvalue weighted by Gasteiger charge is 2.21. The van der Waals surface area contributed by atoms with Crippen molar-refractivity contribution in [3.8, 4) is 0 Å². The molecular weight excluding hydrogens is 305 g/mol. The zero-order chi connectivity index (χ0) is 11.4. The highest BCUT2D eigenvalue weighted by Crippen LogP contribution is 2.27.